The quantitative estimate of drug-likeness (QED) is 0.641. The first-order chi connectivity index (χ1) is 15.0. The third kappa shape index (κ3) is 3.75. The summed E-state index contributed by atoms with van der Waals surface area (Å²) >= 11 is 1.53. The number of ether oxygens (including phenoxy) is 2. The van der Waals surface area contributed by atoms with Crippen LogP contribution in [0.2, 0.25) is 0 Å². The van der Waals surface area contributed by atoms with Gasteiger partial charge in [-0.05, 0) is 17.0 Å². The molecule has 2 aliphatic rings. The molecule has 1 unspecified atom stereocenters. The number of hydrogen-bond acceptors (Lipinski definition) is 7. The van der Waals surface area contributed by atoms with E-state index in [9.17, 15) is 5.11 Å². The number of nitrogens with zero attached hydrogens (tertiary/aromatic N) is 4. The van der Waals surface area contributed by atoms with Crippen molar-refractivity contribution < 1.29 is 14.6 Å². The van der Waals surface area contributed by atoms with Gasteiger partial charge in [0.15, 0.2) is 11.6 Å². The second-order valence-electron chi connectivity index (χ2n) is 8.73. The van der Waals surface area contributed by atoms with Crippen LogP contribution in [0.25, 0.3) is 4.96 Å². The van der Waals surface area contributed by atoms with Gasteiger partial charge in [-0.25, -0.2) is 4.98 Å². The number of thiazole rings is 1. The standard InChI is InChI=1S/C23H30N4O3S/c1-4-18-24-22-27(25-18)21(28)20(31-22)19(17-7-5-16(6-8-17)15(2)3)26-11-9-23(10-12-26)29-13-14-30-23/h5-8,15,19,28H,4,9-14H2,1-3H3. The van der Waals surface area contributed by atoms with E-state index < -0.39 is 5.79 Å². The Kier molecular flexibility index (Phi) is 5.50. The van der Waals surface area contributed by atoms with Gasteiger partial charge in [-0.1, -0.05) is 56.4 Å². The van der Waals surface area contributed by atoms with Crippen LogP contribution in [0.5, 0.6) is 5.88 Å². The number of likely N-dealkylation sites (tertiary alicyclic amines) is 1. The summed E-state index contributed by atoms with van der Waals surface area (Å²) in [5.74, 6) is 1.00. The van der Waals surface area contributed by atoms with Crippen molar-refractivity contribution in [2.24, 2.45) is 0 Å². The van der Waals surface area contributed by atoms with Crippen molar-refractivity contribution in [2.75, 3.05) is 26.3 Å². The Hall–Kier alpha value is -2.00. The molecule has 5 rings (SSSR count). The summed E-state index contributed by atoms with van der Waals surface area (Å²) in [7, 11) is 0. The van der Waals surface area contributed by atoms with Crippen LogP contribution >= 0.6 is 11.3 Å². The van der Waals surface area contributed by atoms with E-state index in [2.05, 4.69) is 53.1 Å². The topological polar surface area (TPSA) is 72.1 Å². The van der Waals surface area contributed by atoms with Gasteiger partial charge in [0.25, 0.3) is 0 Å². The van der Waals surface area contributed by atoms with Crippen LogP contribution in [-0.4, -0.2) is 56.7 Å². The van der Waals surface area contributed by atoms with Gasteiger partial charge in [-0.3, -0.25) is 4.90 Å². The number of aromatic nitrogens is 3. The molecule has 166 valence electrons. The molecule has 8 heteroatoms. The van der Waals surface area contributed by atoms with E-state index in [1.54, 1.807) is 4.52 Å². The second-order valence-corrected chi connectivity index (χ2v) is 9.74. The highest BCUT2D eigenvalue weighted by Gasteiger charge is 2.42. The van der Waals surface area contributed by atoms with Crippen LogP contribution in [-0.2, 0) is 15.9 Å². The smallest absolute Gasteiger partial charge is 0.230 e. The lowest BCUT2D eigenvalue weighted by atomic mass is 9.95. The molecule has 3 aromatic rings. The van der Waals surface area contributed by atoms with Crippen molar-refractivity contribution >= 4 is 16.3 Å². The highest BCUT2D eigenvalue weighted by atomic mass is 32.1. The average molecular weight is 443 g/mol. The van der Waals surface area contributed by atoms with E-state index in [1.165, 1.54) is 22.5 Å². The van der Waals surface area contributed by atoms with E-state index >= 15 is 0 Å². The van der Waals surface area contributed by atoms with Crippen molar-refractivity contribution in [1.82, 2.24) is 19.5 Å². The molecule has 2 aromatic heterocycles. The molecule has 2 fully saturated rings. The SMILES string of the molecule is CCc1nc2sc(C(c3ccc(C(C)C)cc3)N3CCC4(CC3)OCCO4)c(O)n2n1. The maximum absolute atomic E-state index is 11.1. The number of fused-ring (bicyclic) bond motifs is 1. The Morgan fingerprint density at radius 3 is 2.32 bits per heavy atom. The molecule has 1 spiro atoms. The summed E-state index contributed by atoms with van der Waals surface area (Å²) < 4.78 is 13.4. The lowest BCUT2D eigenvalue weighted by Gasteiger charge is -2.41. The minimum absolute atomic E-state index is 0.0569. The minimum atomic E-state index is -0.424. The number of benzene rings is 1. The molecule has 31 heavy (non-hydrogen) atoms. The first-order valence-corrected chi connectivity index (χ1v) is 12.0. The molecule has 0 saturated carbocycles. The van der Waals surface area contributed by atoms with Gasteiger partial charge in [-0.2, -0.15) is 4.52 Å². The van der Waals surface area contributed by atoms with Gasteiger partial charge in [-0.15, -0.1) is 5.10 Å². The predicted octanol–water partition coefficient (Wildman–Crippen LogP) is 4.11. The molecule has 4 heterocycles. The molecule has 0 amide bonds. The van der Waals surface area contributed by atoms with Crippen LogP contribution < -0.4 is 0 Å². The van der Waals surface area contributed by atoms with E-state index in [4.69, 9.17) is 9.47 Å². The largest absolute Gasteiger partial charge is 0.492 e. The summed E-state index contributed by atoms with van der Waals surface area (Å²) in [6.07, 6.45) is 2.40. The molecule has 2 saturated heterocycles. The summed E-state index contributed by atoms with van der Waals surface area (Å²) in [5.41, 5.74) is 2.48. The number of aryl methyl sites for hydroxylation is 1. The fourth-order valence-electron chi connectivity index (χ4n) is 4.62. The van der Waals surface area contributed by atoms with Crippen molar-refractivity contribution in [2.45, 2.75) is 57.8 Å². The fourth-order valence-corrected chi connectivity index (χ4v) is 5.75. The lowest BCUT2D eigenvalue weighted by molar-refractivity contribution is -0.187. The second kappa shape index (κ2) is 8.16. The highest BCUT2D eigenvalue weighted by molar-refractivity contribution is 7.17. The predicted molar refractivity (Wildman–Crippen MR) is 120 cm³/mol. The molecule has 7 nitrogen and oxygen atoms in total. The monoisotopic (exact) mass is 442 g/mol. The van der Waals surface area contributed by atoms with Crippen LogP contribution in [0.4, 0.5) is 0 Å². The Bertz CT molecular complexity index is 1040. The summed E-state index contributed by atoms with van der Waals surface area (Å²) in [6.45, 7) is 9.45. The van der Waals surface area contributed by atoms with E-state index in [0.29, 0.717) is 19.1 Å². The van der Waals surface area contributed by atoms with Crippen LogP contribution in [0.3, 0.4) is 0 Å². The number of hydrogen-bond donors (Lipinski definition) is 1. The Balaban J connectivity index is 1.51. The van der Waals surface area contributed by atoms with Crippen molar-refractivity contribution in [1.29, 1.82) is 0 Å². The maximum atomic E-state index is 11.1. The van der Waals surface area contributed by atoms with Gasteiger partial charge in [0, 0.05) is 32.4 Å². The molecular formula is C23H30N4O3S. The van der Waals surface area contributed by atoms with Gasteiger partial charge in [0.05, 0.1) is 24.1 Å². The van der Waals surface area contributed by atoms with Crippen LogP contribution in [0.15, 0.2) is 24.3 Å². The molecule has 1 atom stereocenters. The van der Waals surface area contributed by atoms with Gasteiger partial charge < -0.3 is 14.6 Å². The fraction of sp³-hybridized carbons (Fsp3) is 0.565. The summed E-state index contributed by atoms with van der Waals surface area (Å²) in [4.78, 5) is 8.63. The van der Waals surface area contributed by atoms with Crippen molar-refractivity contribution in [3.8, 4) is 5.88 Å². The van der Waals surface area contributed by atoms with Crippen molar-refractivity contribution in [3.63, 3.8) is 0 Å². The first kappa shape index (κ1) is 20.9. The Morgan fingerprint density at radius 1 is 1.10 bits per heavy atom. The van der Waals surface area contributed by atoms with Gasteiger partial charge in [0.2, 0.25) is 10.8 Å². The normalized spacial score (nSPS) is 20.3. The molecule has 0 aliphatic carbocycles. The molecular weight excluding hydrogens is 412 g/mol. The zero-order chi connectivity index (χ0) is 21.6. The lowest BCUT2D eigenvalue weighted by Crippen LogP contribution is -2.46. The molecule has 0 radical (unpaired) electrons. The number of piperidine rings is 1. The number of aromatic hydroxyl groups is 1. The number of rotatable bonds is 5. The Morgan fingerprint density at radius 2 is 1.74 bits per heavy atom. The maximum Gasteiger partial charge on any atom is 0.230 e. The molecule has 2 aliphatic heterocycles. The van der Waals surface area contributed by atoms with Crippen LogP contribution in [0.1, 0.15) is 67.4 Å². The van der Waals surface area contributed by atoms with Crippen molar-refractivity contribution in [3.05, 3.63) is 46.1 Å². The third-order valence-electron chi connectivity index (χ3n) is 6.47. The van der Waals surface area contributed by atoms with Gasteiger partial charge in [0.1, 0.15) is 0 Å². The highest BCUT2D eigenvalue weighted by Crippen LogP contribution is 2.43. The Labute approximate surface area is 186 Å². The van der Waals surface area contributed by atoms with Gasteiger partial charge >= 0.3 is 0 Å². The van der Waals surface area contributed by atoms with E-state index in [0.717, 1.165) is 48.0 Å². The first-order valence-electron chi connectivity index (χ1n) is 11.2. The van der Waals surface area contributed by atoms with Crippen LogP contribution in [0, 0.1) is 0 Å². The average Bonchev–Trinajstić information content (AvgIpc) is 3.48. The third-order valence-corrected chi connectivity index (χ3v) is 7.54. The zero-order valence-corrected chi connectivity index (χ0v) is 19.2. The summed E-state index contributed by atoms with van der Waals surface area (Å²) in [6, 6.07) is 8.73. The minimum Gasteiger partial charge on any atom is -0.492 e. The van der Waals surface area contributed by atoms with E-state index in [1.807, 2.05) is 6.92 Å². The zero-order valence-electron chi connectivity index (χ0n) is 18.4. The molecule has 0 bridgehead atoms. The molecule has 1 N–H and O–H groups in total. The van der Waals surface area contributed by atoms with E-state index in [-0.39, 0.29) is 11.9 Å². The summed E-state index contributed by atoms with van der Waals surface area (Å²) in [5, 5.41) is 15.6. The molecule has 1 aromatic carbocycles.